The van der Waals surface area contributed by atoms with E-state index < -0.39 is 27.8 Å². The lowest BCUT2D eigenvalue weighted by atomic mass is 9.74. The number of benzene rings is 1. The smallest absolute Gasteiger partial charge is 0.292 e. The van der Waals surface area contributed by atoms with E-state index in [0.29, 0.717) is 12.8 Å². The van der Waals surface area contributed by atoms with Gasteiger partial charge in [0, 0.05) is 12.1 Å². The molecule has 7 heteroatoms. The number of hydrogen-bond acceptors (Lipinski definition) is 4. The van der Waals surface area contributed by atoms with E-state index in [2.05, 4.69) is 5.32 Å². The van der Waals surface area contributed by atoms with Gasteiger partial charge in [-0.05, 0) is 18.9 Å². The lowest BCUT2D eigenvalue weighted by Gasteiger charge is -2.29. The molecule has 21 heavy (non-hydrogen) atoms. The fourth-order valence-corrected chi connectivity index (χ4v) is 2.55. The van der Waals surface area contributed by atoms with Gasteiger partial charge in [0.2, 0.25) is 5.91 Å². The molecule has 1 aromatic rings. The van der Waals surface area contributed by atoms with E-state index in [1.165, 1.54) is 0 Å². The molecule has 2 rings (SSSR count). The van der Waals surface area contributed by atoms with Crippen molar-refractivity contribution >= 4 is 17.3 Å². The van der Waals surface area contributed by atoms with E-state index in [1.807, 2.05) is 6.07 Å². The van der Waals surface area contributed by atoms with E-state index >= 15 is 0 Å². The molecule has 0 atom stereocenters. The van der Waals surface area contributed by atoms with Crippen LogP contribution in [0.25, 0.3) is 0 Å². The number of halogens is 1. The molecule has 6 nitrogen and oxygen atoms in total. The molecule has 0 unspecified atom stereocenters. The summed E-state index contributed by atoms with van der Waals surface area (Å²) in [7, 11) is 0. The van der Waals surface area contributed by atoms with Gasteiger partial charge in [-0.2, -0.15) is 5.26 Å². The van der Waals surface area contributed by atoms with Crippen molar-refractivity contribution in [2.24, 2.45) is 5.41 Å². The van der Waals surface area contributed by atoms with Gasteiger partial charge in [0.05, 0.1) is 11.0 Å². The maximum atomic E-state index is 13.2. The van der Waals surface area contributed by atoms with Gasteiger partial charge in [0.15, 0.2) is 0 Å². The number of rotatable bonds is 3. The highest BCUT2D eigenvalue weighted by molar-refractivity contribution is 5.98. The first-order valence-corrected chi connectivity index (χ1v) is 6.65. The molecule has 1 saturated carbocycles. The van der Waals surface area contributed by atoms with Crippen LogP contribution in [0.3, 0.4) is 0 Å². The summed E-state index contributed by atoms with van der Waals surface area (Å²) in [5, 5.41) is 22.6. The van der Waals surface area contributed by atoms with Crippen molar-refractivity contribution in [2.45, 2.75) is 32.1 Å². The van der Waals surface area contributed by atoms with Crippen LogP contribution >= 0.6 is 0 Å². The minimum atomic E-state index is -1.18. The predicted molar refractivity (Wildman–Crippen MR) is 72.8 cm³/mol. The minimum absolute atomic E-state index is 0.217. The van der Waals surface area contributed by atoms with E-state index in [1.54, 1.807) is 0 Å². The Morgan fingerprint density at radius 3 is 2.62 bits per heavy atom. The van der Waals surface area contributed by atoms with E-state index in [4.69, 9.17) is 0 Å². The lowest BCUT2D eigenvalue weighted by molar-refractivity contribution is -0.384. The van der Waals surface area contributed by atoms with Crippen LogP contribution in [0, 0.1) is 32.7 Å². The Morgan fingerprint density at radius 2 is 2.05 bits per heavy atom. The molecule has 1 N–H and O–H groups in total. The number of nitrogens with one attached hydrogen (secondary N) is 1. The standard InChI is InChI=1S/C14H14FN3O3/c15-10-4-5-12(18(20)21)11(8-10)17-13(19)14(9-16)6-2-1-3-7-14/h4-5,8H,1-3,6-7H2,(H,17,19). The van der Waals surface area contributed by atoms with Gasteiger partial charge in [-0.15, -0.1) is 0 Å². The number of amides is 1. The summed E-state index contributed by atoms with van der Waals surface area (Å²) in [4.78, 5) is 22.5. The Hall–Kier alpha value is -2.49. The van der Waals surface area contributed by atoms with Crippen molar-refractivity contribution in [2.75, 3.05) is 5.32 Å². The predicted octanol–water partition coefficient (Wildman–Crippen LogP) is 3.15. The second-order valence-corrected chi connectivity index (χ2v) is 5.13. The molecule has 1 aliphatic carbocycles. The molecule has 0 aromatic heterocycles. The Morgan fingerprint density at radius 1 is 1.38 bits per heavy atom. The highest BCUT2D eigenvalue weighted by Gasteiger charge is 2.40. The molecule has 0 bridgehead atoms. The van der Waals surface area contributed by atoms with Crippen LogP contribution in [-0.2, 0) is 4.79 Å². The van der Waals surface area contributed by atoms with Crippen LogP contribution in [0.15, 0.2) is 18.2 Å². The number of anilines is 1. The molecule has 0 spiro atoms. The number of hydrogen-bond donors (Lipinski definition) is 1. The fourth-order valence-electron chi connectivity index (χ4n) is 2.55. The molecule has 0 heterocycles. The topological polar surface area (TPSA) is 96.0 Å². The summed E-state index contributed by atoms with van der Waals surface area (Å²) in [6.07, 6.45) is 3.30. The van der Waals surface area contributed by atoms with Gasteiger partial charge < -0.3 is 5.32 Å². The molecular weight excluding hydrogens is 277 g/mol. The Bertz CT molecular complexity index is 618. The first-order chi connectivity index (χ1) is 9.98. The first-order valence-electron chi connectivity index (χ1n) is 6.65. The summed E-state index contributed by atoms with van der Waals surface area (Å²) >= 11 is 0. The van der Waals surface area contributed by atoms with Crippen LogP contribution in [0.1, 0.15) is 32.1 Å². The second-order valence-electron chi connectivity index (χ2n) is 5.13. The fraction of sp³-hybridized carbons (Fsp3) is 0.429. The zero-order valence-electron chi connectivity index (χ0n) is 11.3. The second kappa shape index (κ2) is 5.87. The van der Waals surface area contributed by atoms with Gasteiger partial charge in [0.25, 0.3) is 5.69 Å². The molecule has 0 saturated heterocycles. The Kier molecular flexibility index (Phi) is 4.17. The van der Waals surface area contributed by atoms with Gasteiger partial charge >= 0.3 is 0 Å². The van der Waals surface area contributed by atoms with Crippen LogP contribution < -0.4 is 5.32 Å². The van der Waals surface area contributed by atoms with Gasteiger partial charge in [0.1, 0.15) is 16.9 Å². The van der Waals surface area contributed by atoms with E-state index in [-0.39, 0.29) is 5.69 Å². The van der Waals surface area contributed by atoms with Crippen molar-refractivity contribution in [1.29, 1.82) is 5.26 Å². The molecule has 110 valence electrons. The summed E-state index contributed by atoms with van der Waals surface area (Å²) in [5.41, 5.74) is -1.79. The largest absolute Gasteiger partial charge is 0.319 e. The zero-order chi connectivity index (χ0) is 15.5. The normalized spacial score (nSPS) is 16.8. The minimum Gasteiger partial charge on any atom is -0.319 e. The average molecular weight is 291 g/mol. The number of carbonyl (C=O) groups excluding carboxylic acids is 1. The number of carbonyl (C=O) groups is 1. The molecule has 0 radical (unpaired) electrons. The average Bonchev–Trinajstić information content (AvgIpc) is 2.47. The summed E-state index contributed by atoms with van der Waals surface area (Å²) in [5.74, 6) is -1.29. The van der Waals surface area contributed by atoms with Crippen molar-refractivity contribution in [3.63, 3.8) is 0 Å². The van der Waals surface area contributed by atoms with Crippen molar-refractivity contribution < 1.29 is 14.1 Å². The van der Waals surface area contributed by atoms with E-state index in [0.717, 1.165) is 37.5 Å². The van der Waals surface area contributed by atoms with Gasteiger partial charge in [-0.25, -0.2) is 4.39 Å². The summed E-state index contributed by atoms with van der Waals surface area (Å²) < 4.78 is 13.2. The highest BCUT2D eigenvalue weighted by Crippen LogP contribution is 2.37. The molecular formula is C14H14FN3O3. The maximum Gasteiger partial charge on any atom is 0.292 e. The number of nitriles is 1. The van der Waals surface area contributed by atoms with Crippen molar-refractivity contribution in [3.8, 4) is 6.07 Å². The van der Waals surface area contributed by atoms with Crippen LogP contribution in [-0.4, -0.2) is 10.8 Å². The Labute approximate surface area is 120 Å². The summed E-state index contributed by atoms with van der Waals surface area (Å²) in [6, 6.07) is 4.86. The highest BCUT2D eigenvalue weighted by atomic mass is 19.1. The SMILES string of the molecule is N#CC1(C(=O)Nc2cc(F)ccc2[N+](=O)[O-])CCCCC1. The third-order valence-electron chi connectivity index (χ3n) is 3.76. The molecule has 0 aliphatic heterocycles. The molecule has 1 amide bonds. The summed E-state index contributed by atoms with van der Waals surface area (Å²) in [6.45, 7) is 0. The monoisotopic (exact) mass is 291 g/mol. The molecule has 1 aromatic carbocycles. The quantitative estimate of drug-likeness (QED) is 0.683. The maximum absolute atomic E-state index is 13.2. The van der Waals surface area contributed by atoms with Crippen molar-refractivity contribution in [3.05, 3.63) is 34.1 Å². The van der Waals surface area contributed by atoms with Crippen LogP contribution in [0.2, 0.25) is 0 Å². The number of nitro groups is 1. The Balaban J connectivity index is 2.29. The lowest BCUT2D eigenvalue weighted by Crippen LogP contribution is -2.37. The third kappa shape index (κ3) is 2.99. The molecule has 1 fully saturated rings. The van der Waals surface area contributed by atoms with Gasteiger partial charge in [-0.3, -0.25) is 14.9 Å². The van der Waals surface area contributed by atoms with Gasteiger partial charge in [-0.1, -0.05) is 19.3 Å². The first kappa shape index (κ1) is 14.9. The number of nitrogens with zero attached hydrogens (tertiary/aromatic N) is 2. The van der Waals surface area contributed by atoms with Crippen LogP contribution in [0.5, 0.6) is 0 Å². The molecule has 1 aliphatic rings. The zero-order valence-corrected chi connectivity index (χ0v) is 11.3. The van der Waals surface area contributed by atoms with Crippen molar-refractivity contribution in [1.82, 2.24) is 0 Å². The van der Waals surface area contributed by atoms with Crippen LogP contribution in [0.4, 0.5) is 15.8 Å². The number of nitro benzene ring substituents is 1. The van der Waals surface area contributed by atoms with E-state index in [9.17, 15) is 24.6 Å². The third-order valence-corrected chi connectivity index (χ3v) is 3.76.